The third-order valence-corrected chi connectivity index (χ3v) is 7.88. The maximum atomic E-state index is 13.6. The third-order valence-electron chi connectivity index (χ3n) is 6.60. The highest BCUT2D eigenvalue weighted by atomic mass is 32.2. The van der Waals surface area contributed by atoms with Gasteiger partial charge in [-0.1, -0.05) is 67.3 Å². The Bertz CT molecular complexity index is 1060. The van der Waals surface area contributed by atoms with E-state index in [0.717, 1.165) is 30.4 Å². The van der Waals surface area contributed by atoms with Gasteiger partial charge in [0.2, 0.25) is 0 Å². The summed E-state index contributed by atoms with van der Waals surface area (Å²) in [7, 11) is -4.14. The van der Waals surface area contributed by atoms with Gasteiger partial charge >= 0.3 is 5.97 Å². The van der Waals surface area contributed by atoms with Crippen LogP contribution in [0.5, 0.6) is 0 Å². The highest BCUT2D eigenvalue weighted by molar-refractivity contribution is 7.86. The molecule has 2 unspecified atom stereocenters. The summed E-state index contributed by atoms with van der Waals surface area (Å²) < 4.78 is 36.8. The lowest BCUT2D eigenvalue weighted by atomic mass is 9.67. The molecule has 3 rings (SSSR count). The molecule has 6 nitrogen and oxygen atoms in total. The highest BCUT2D eigenvalue weighted by Crippen LogP contribution is 2.42. The number of ether oxygens (including phenoxy) is 1. The number of rotatable bonds is 9. The van der Waals surface area contributed by atoms with E-state index in [1.807, 2.05) is 31.2 Å². The molecule has 1 saturated carbocycles. The lowest BCUT2D eigenvalue weighted by Gasteiger charge is -2.38. The second kappa shape index (κ2) is 10.6. The molecule has 2 aromatic rings. The maximum absolute atomic E-state index is 13.6. The molecule has 2 atom stereocenters. The molecule has 0 heterocycles. The molecular formula is C26H32O6S. The van der Waals surface area contributed by atoms with Crippen molar-refractivity contribution in [3.63, 3.8) is 0 Å². The summed E-state index contributed by atoms with van der Waals surface area (Å²) in [6.07, 6.45) is 3.44. The van der Waals surface area contributed by atoms with E-state index in [0.29, 0.717) is 12.8 Å². The van der Waals surface area contributed by atoms with Crippen molar-refractivity contribution in [3.05, 3.63) is 65.7 Å². The number of hydrogen-bond acceptors (Lipinski definition) is 6. The quantitative estimate of drug-likeness (QED) is 0.285. The average Bonchev–Trinajstić information content (AvgIpc) is 2.81. The van der Waals surface area contributed by atoms with Gasteiger partial charge in [-0.15, -0.1) is 0 Å². The Labute approximate surface area is 196 Å². The van der Waals surface area contributed by atoms with E-state index >= 15 is 0 Å². The van der Waals surface area contributed by atoms with Crippen molar-refractivity contribution in [1.29, 1.82) is 0 Å². The van der Waals surface area contributed by atoms with E-state index in [-0.39, 0.29) is 10.8 Å². The molecule has 178 valence electrons. The average molecular weight is 473 g/mol. The predicted molar refractivity (Wildman–Crippen MR) is 125 cm³/mol. The van der Waals surface area contributed by atoms with Gasteiger partial charge in [0, 0.05) is 0 Å². The summed E-state index contributed by atoms with van der Waals surface area (Å²) in [6, 6.07) is 15.3. The van der Waals surface area contributed by atoms with Gasteiger partial charge in [0.05, 0.1) is 11.5 Å². The molecule has 0 aliphatic heterocycles. The topological polar surface area (TPSA) is 86.7 Å². The highest BCUT2D eigenvalue weighted by Gasteiger charge is 2.53. The molecule has 0 amide bonds. The number of esters is 1. The van der Waals surface area contributed by atoms with E-state index in [1.165, 1.54) is 19.1 Å². The Kier molecular flexibility index (Phi) is 8.08. The first-order valence-corrected chi connectivity index (χ1v) is 12.8. The molecule has 7 heteroatoms. The van der Waals surface area contributed by atoms with Gasteiger partial charge in [-0.2, -0.15) is 8.42 Å². The summed E-state index contributed by atoms with van der Waals surface area (Å²) in [5, 5.41) is 0. The van der Waals surface area contributed by atoms with Crippen LogP contribution in [-0.4, -0.2) is 26.8 Å². The second-order valence-electron chi connectivity index (χ2n) is 8.85. The summed E-state index contributed by atoms with van der Waals surface area (Å²) in [5.41, 5.74) is 0.200. The zero-order valence-corrected chi connectivity index (χ0v) is 20.3. The first-order chi connectivity index (χ1) is 15.7. The Hall–Kier alpha value is -2.51. The smallest absolute Gasteiger partial charge is 0.322 e. The molecule has 2 aromatic carbocycles. The number of carbonyl (C=O) groups is 2. The van der Waals surface area contributed by atoms with Crippen LogP contribution >= 0.6 is 0 Å². The van der Waals surface area contributed by atoms with Crippen LogP contribution in [0, 0.1) is 18.3 Å². The van der Waals surface area contributed by atoms with E-state index in [2.05, 4.69) is 0 Å². The standard InChI is InChI=1S/C26H32O6S/c1-19-14-16-22(17-15-19)20(2)32-25(28)26(21(3)27,23-10-6-4-7-11-23)18-31-33(29,30)24-12-8-5-9-13-24/h5,8-9,12-17,20,23H,4,6-7,10-11,18H2,1-3H3. The van der Waals surface area contributed by atoms with Crippen LogP contribution < -0.4 is 0 Å². The maximum Gasteiger partial charge on any atom is 0.322 e. The molecule has 0 N–H and O–H groups in total. The van der Waals surface area contributed by atoms with Gasteiger partial charge in [-0.3, -0.25) is 13.8 Å². The molecule has 1 aliphatic carbocycles. The number of Topliss-reactive ketones (excluding diaryl/α,β-unsaturated/α-hetero) is 1. The lowest BCUT2D eigenvalue weighted by Crippen LogP contribution is -2.50. The third kappa shape index (κ3) is 5.71. The number of benzene rings is 2. The van der Waals surface area contributed by atoms with Crippen molar-refractivity contribution in [3.8, 4) is 0 Å². The molecular weight excluding hydrogens is 440 g/mol. The minimum Gasteiger partial charge on any atom is -0.457 e. The number of aryl methyl sites for hydroxylation is 1. The van der Waals surface area contributed by atoms with Crippen molar-refractivity contribution >= 4 is 21.9 Å². The summed E-state index contributed by atoms with van der Waals surface area (Å²) in [6.45, 7) is 4.47. The molecule has 1 aliphatic rings. The van der Waals surface area contributed by atoms with Crippen LogP contribution in [0.1, 0.15) is 63.2 Å². The zero-order valence-electron chi connectivity index (χ0n) is 19.5. The van der Waals surface area contributed by atoms with Crippen molar-refractivity contribution in [2.24, 2.45) is 11.3 Å². The molecule has 33 heavy (non-hydrogen) atoms. The fourth-order valence-corrected chi connectivity index (χ4v) is 5.44. The molecule has 0 aromatic heterocycles. The van der Waals surface area contributed by atoms with Gasteiger partial charge in [-0.05, 0) is 57.2 Å². The van der Waals surface area contributed by atoms with Gasteiger partial charge in [-0.25, -0.2) is 0 Å². The number of carbonyl (C=O) groups excluding carboxylic acids is 2. The minimum atomic E-state index is -4.14. The van der Waals surface area contributed by atoms with Gasteiger partial charge in [0.15, 0.2) is 5.41 Å². The van der Waals surface area contributed by atoms with Gasteiger partial charge in [0.1, 0.15) is 11.9 Å². The lowest BCUT2D eigenvalue weighted by molar-refractivity contribution is -0.172. The van der Waals surface area contributed by atoms with Crippen LogP contribution in [0.15, 0.2) is 59.5 Å². The second-order valence-corrected chi connectivity index (χ2v) is 10.5. The molecule has 1 fully saturated rings. The first-order valence-electron chi connectivity index (χ1n) is 11.4. The molecule has 0 spiro atoms. The normalized spacial score (nSPS) is 17.7. The minimum absolute atomic E-state index is 0.0208. The van der Waals surface area contributed by atoms with E-state index in [9.17, 15) is 18.0 Å². The summed E-state index contributed by atoms with van der Waals surface area (Å²) in [5.74, 6) is -1.50. The Morgan fingerprint density at radius 3 is 2.18 bits per heavy atom. The fourth-order valence-electron chi connectivity index (χ4n) is 4.47. The Balaban J connectivity index is 1.91. The summed E-state index contributed by atoms with van der Waals surface area (Å²) >= 11 is 0. The zero-order chi connectivity index (χ0) is 24.1. The summed E-state index contributed by atoms with van der Waals surface area (Å²) in [4.78, 5) is 26.6. The van der Waals surface area contributed by atoms with Crippen molar-refractivity contribution in [2.45, 2.75) is 63.9 Å². The van der Waals surface area contributed by atoms with E-state index < -0.39 is 40.0 Å². The molecule has 0 bridgehead atoms. The van der Waals surface area contributed by atoms with Crippen molar-refractivity contribution < 1.29 is 26.9 Å². The SMILES string of the molecule is CC(=O)C(COS(=O)(=O)c1ccccc1)(C(=O)OC(C)c1ccc(C)cc1)C1CCCCC1. The number of ketones is 1. The van der Waals surface area contributed by atoms with Crippen molar-refractivity contribution in [1.82, 2.24) is 0 Å². The Morgan fingerprint density at radius 2 is 1.61 bits per heavy atom. The molecule has 0 saturated heterocycles. The largest absolute Gasteiger partial charge is 0.457 e. The van der Waals surface area contributed by atoms with Gasteiger partial charge in [0.25, 0.3) is 10.1 Å². The van der Waals surface area contributed by atoms with Crippen LogP contribution in [0.2, 0.25) is 0 Å². The van der Waals surface area contributed by atoms with E-state index in [1.54, 1.807) is 25.1 Å². The van der Waals surface area contributed by atoms with Crippen molar-refractivity contribution in [2.75, 3.05) is 6.61 Å². The molecule has 0 radical (unpaired) electrons. The monoisotopic (exact) mass is 472 g/mol. The predicted octanol–water partition coefficient (Wildman–Crippen LogP) is 5.16. The van der Waals surface area contributed by atoms with Crippen LogP contribution in [0.25, 0.3) is 0 Å². The van der Waals surface area contributed by atoms with Gasteiger partial charge < -0.3 is 4.74 Å². The first kappa shape index (κ1) is 25.1. The van der Waals surface area contributed by atoms with E-state index in [4.69, 9.17) is 8.92 Å². The Morgan fingerprint density at radius 1 is 1.00 bits per heavy atom. The number of hydrogen-bond donors (Lipinski definition) is 0. The van der Waals surface area contributed by atoms with Crippen LogP contribution in [0.3, 0.4) is 0 Å². The fraction of sp³-hybridized carbons (Fsp3) is 0.462. The van der Waals surface area contributed by atoms with Crippen LogP contribution in [-0.2, 0) is 28.6 Å². The van der Waals surface area contributed by atoms with Crippen LogP contribution in [0.4, 0.5) is 0 Å².